The second-order valence-electron chi connectivity index (χ2n) is 4.80. The zero-order valence-electron chi connectivity index (χ0n) is 7.28. The maximum Gasteiger partial charge on any atom is 0.0839 e. The SMILES string of the molecule is OC1[C@@H]2C[C@@H]3CO[C@H]1C[C@@H](C3)C2. The highest BCUT2D eigenvalue weighted by Crippen LogP contribution is 2.46. The Morgan fingerprint density at radius 2 is 1.83 bits per heavy atom. The molecule has 2 saturated carbocycles. The Bertz CT molecular complexity index is 184. The van der Waals surface area contributed by atoms with E-state index in [-0.39, 0.29) is 12.2 Å². The Morgan fingerprint density at radius 3 is 2.75 bits per heavy atom. The minimum Gasteiger partial charge on any atom is -0.390 e. The summed E-state index contributed by atoms with van der Waals surface area (Å²) in [6, 6.07) is 0. The summed E-state index contributed by atoms with van der Waals surface area (Å²) in [5, 5.41) is 9.88. The van der Waals surface area contributed by atoms with E-state index in [0.29, 0.717) is 5.92 Å². The van der Waals surface area contributed by atoms with Gasteiger partial charge in [0.15, 0.2) is 0 Å². The highest BCUT2D eigenvalue weighted by molar-refractivity contribution is 4.95. The molecule has 0 aromatic rings. The molecule has 0 spiro atoms. The summed E-state index contributed by atoms with van der Waals surface area (Å²) in [4.78, 5) is 0. The second-order valence-corrected chi connectivity index (χ2v) is 4.80. The van der Waals surface area contributed by atoms with Gasteiger partial charge in [0.25, 0.3) is 0 Å². The van der Waals surface area contributed by atoms with Crippen molar-refractivity contribution in [2.75, 3.05) is 6.61 Å². The van der Waals surface area contributed by atoms with E-state index in [2.05, 4.69) is 0 Å². The molecule has 2 heterocycles. The minimum atomic E-state index is -0.147. The standard InChI is InChI=1S/C10H16O2/c11-10-8-2-6-1-7(3-8)5-12-9(10)4-6/h6-11H,1-5H2/t6-,7+,8-,9-,10?/m0/s1. The van der Waals surface area contributed by atoms with Gasteiger partial charge in [-0.2, -0.15) is 0 Å². The number of aliphatic hydroxyl groups is 1. The predicted octanol–water partition coefficient (Wildman–Crippen LogP) is 1.18. The third kappa shape index (κ3) is 0.944. The van der Waals surface area contributed by atoms with Gasteiger partial charge in [0, 0.05) is 6.61 Å². The molecule has 5 atom stereocenters. The van der Waals surface area contributed by atoms with Crippen LogP contribution in [0.5, 0.6) is 0 Å². The van der Waals surface area contributed by atoms with Crippen LogP contribution in [0.25, 0.3) is 0 Å². The molecule has 0 radical (unpaired) electrons. The van der Waals surface area contributed by atoms with E-state index in [1.807, 2.05) is 0 Å². The summed E-state index contributed by atoms with van der Waals surface area (Å²) in [7, 11) is 0. The van der Waals surface area contributed by atoms with E-state index in [1.54, 1.807) is 0 Å². The molecule has 2 aliphatic carbocycles. The van der Waals surface area contributed by atoms with Gasteiger partial charge in [-0.1, -0.05) is 0 Å². The van der Waals surface area contributed by atoms with E-state index in [4.69, 9.17) is 4.74 Å². The quantitative estimate of drug-likeness (QED) is 0.588. The number of rotatable bonds is 0. The van der Waals surface area contributed by atoms with Crippen molar-refractivity contribution in [3.05, 3.63) is 0 Å². The molecule has 2 heteroatoms. The van der Waals surface area contributed by atoms with Crippen LogP contribution >= 0.6 is 0 Å². The van der Waals surface area contributed by atoms with Crippen LogP contribution in [-0.4, -0.2) is 23.9 Å². The van der Waals surface area contributed by atoms with Crippen molar-refractivity contribution in [1.29, 1.82) is 0 Å². The van der Waals surface area contributed by atoms with Gasteiger partial charge >= 0.3 is 0 Å². The van der Waals surface area contributed by atoms with E-state index >= 15 is 0 Å². The number of aliphatic hydroxyl groups excluding tert-OH is 1. The molecule has 2 nitrogen and oxygen atoms in total. The lowest BCUT2D eigenvalue weighted by Gasteiger charge is -2.40. The third-order valence-corrected chi connectivity index (χ3v) is 3.91. The first-order valence-corrected chi connectivity index (χ1v) is 5.12. The first-order chi connectivity index (χ1) is 5.83. The zero-order chi connectivity index (χ0) is 8.13. The molecule has 0 aromatic carbocycles. The molecule has 1 N–H and O–H groups in total. The van der Waals surface area contributed by atoms with Crippen LogP contribution in [0.15, 0.2) is 0 Å². The van der Waals surface area contributed by atoms with Gasteiger partial charge in [-0.15, -0.1) is 0 Å². The summed E-state index contributed by atoms with van der Waals surface area (Å²) in [5.41, 5.74) is 0. The fourth-order valence-corrected chi connectivity index (χ4v) is 3.42. The van der Waals surface area contributed by atoms with Crippen molar-refractivity contribution in [2.45, 2.75) is 37.9 Å². The van der Waals surface area contributed by atoms with Crippen molar-refractivity contribution in [3.63, 3.8) is 0 Å². The van der Waals surface area contributed by atoms with Crippen LogP contribution in [0.2, 0.25) is 0 Å². The summed E-state index contributed by atoms with van der Waals surface area (Å²) < 4.78 is 5.69. The summed E-state index contributed by atoms with van der Waals surface area (Å²) in [6.07, 6.45) is 4.99. The van der Waals surface area contributed by atoms with Crippen molar-refractivity contribution in [2.24, 2.45) is 17.8 Å². The fraction of sp³-hybridized carbons (Fsp3) is 1.00. The third-order valence-electron chi connectivity index (χ3n) is 3.91. The smallest absolute Gasteiger partial charge is 0.0839 e. The first-order valence-electron chi connectivity index (χ1n) is 5.12. The largest absolute Gasteiger partial charge is 0.390 e. The van der Waals surface area contributed by atoms with Gasteiger partial charge in [0.05, 0.1) is 12.2 Å². The molecule has 0 aromatic heterocycles. The highest BCUT2D eigenvalue weighted by atomic mass is 16.5. The van der Waals surface area contributed by atoms with Gasteiger partial charge in [0.2, 0.25) is 0 Å². The number of ether oxygens (including phenoxy) is 1. The molecule has 12 heavy (non-hydrogen) atoms. The Labute approximate surface area is 72.9 Å². The van der Waals surface area contributed by atoms with Gasteiger partial charge in [-0.05, 0) is 43.4 Å². The van der Waals surface area contributed by atoms with Gasteiger partial charge in [-0.25, -0.2) is 0 Å². The normalized spacial score (nSPS) is 57.2. The topological polar surface area (TPSA) is 29.5 Å². The van der Waals surface area contributed by atoms with E-state index < -0.39 is 0 Å². The molecular weight excluding hydrogens is 152 g/mol. The molecular formula is C10H16O2. The van der Waals surface area contributed by atoms with Gasteiger partial charge in [0.1, 0.15) is 0 Å². The van der Waals surface area contributed by atoms with Crippen LogP contribution in [0, 0.1) is 17.8 Å². The maximum atomic E-state index is 9.88. The lowest BCUT2D eigenvalue weighted by atomic mass is 9.67. The Hall–Kier alpha value is -0.0800. The molecule has 2 saturated heterocycles. The van der Waals surface area contributed by atoms with Crippen molar-refractivity contribution < 1.29 is 9.84 Å². The molecule has 4 fully saturated rings. The molecule has 4 bridgehead atoms. The predicted molar refractivity (Wildman–Crippen MR) is 44.7 cm³/mol. The van der Waals surface area contributed by atoms with Crippen LogP contribution in [0.1, 0.15) is 25.7 Å². The lowest BCUT2D eigenvalue weighted by Crippen LogP contribution is -2.42. The van der Waals surface area contributed by atoms with Crippen LogP contribution < -0.4 is 0 Å². The molecule has 2 aliphatic heterocycles. The Balaban J connectivity index is 1.92. The summed E-state index contributed by atoms with van der Waals surface area (Å²) >= 11 is 0. The molecule has 1 unspecified atom stereocenters. The van der Waals surface area contributed by atoms with Gasteiger partial charge < -0.3 is 9.84 Å². The average molecular weight is 168 g/mol. The summed E-state index contributed by atoms with van der Waals surface area (Å²) in [5.74, 6) is 2.19. The number of hydrogen-bond donors (Lipinski definition) is 1. The summed E-state index contributed by atoms with van der Waals surface area (Å²) in [6.45, 7) is 0.911. The highest BCUT2D eigenvalue weighted by Gasteiger charge is 2.45. The van der Waals surface area contributed by atoms with E-state index in [1.165, 1.54) is 19.3 Å². The monoisotopic (exact) mass is 168 g/mol. The maximum absolute atomic E-state index is 9.88. The van der Waals surface area contributed by atoms with Crippen LogP contribution in [0.4, 0.5) is 0 Å². The molecule has 68 valence electrons. The minimum absolute atomic E-state index is 0.147. The number of fused-ring (bicyclic) bond motifs is 1. The molecule has 4 aliphatic rings. The second kappa shape index (κ2) is 2.46. The van der Waals surface area contributed by atoms with Crippen LogP contribution in [-0.2, 0) is 4.74 Å². The fourth-order valence-electron chi connectivity index (χ4n) is 3.42. The zero-order valence-corrected chi connectivity index (χ0v) is 7.28. The molecule has 4 rings (SSSR count). The van der Waals surface area contributed by atoms with Crippen molar-refractivity contribution in [1.82, 2.24) is 0 Å². The first kappa shape index (κ1) is 7.34. The van der Waals surface area contributed by atoms with Crippen molar-refractivity contribution >= 4 is 0 Å². The lowest BCUT2D eigenvalue weighted by molar-refractivity contribution is -0.0746. The van der Waals surface area contributed by atoms with Crippen molar-refractivity contribution in [3.8, 4) is 0 Å². The van der Waals surface area contributed by atoms with E-state index in [0.717, 1.165) is 24.9 Å². The van der Waals surface area contributed by atoms with Crippen LogP contribution in [0.3, 0.4) is 0 Å². The van der Waals surface area contributed by atoms with E-state index in [9.17, 15) is 5.11 Å². The van der Waals surface area contributed by atoms with Gasteiger partial charge in [-0.3, -0.25) is 0 Å². The molecule has 0 amide bonds. The average Bonchev–Trinajstić information content (AvgIpc) is 2.27. The Morgan fingerprint density at radius 1 is 1.00 bits per heavy atom. The Kier molecular flexibility index (Phi) is 1.50. The number of hydrogen-bond acceptors (Lipinski definition) is 2.